The van der Waals surface area contributed by atoms with Crippen LogP contribution in [0.4, 0.5) is 4.79 Å². The zero-order valence-corrected chi connectivity index (χ0v) is 8.88. The van der Waals surface area contributed by atoms with Crippen LogP contribution >= 0.6 is 0 Å². The van der Waals surface area contributed by atoms with Gasteiger partial charge in [-0.3, -0.25) is 0 Å². The number of rotatable bonds is 6. The van der Waals surface area contributed by atoms with Gasteiger partial charge in [-0.25, -0.2) is 4.79 Å². The van der Waals surface area contributed by atoms with Crippen LogP contribution < -0.4 is 5.32 Å². The summed E-state index contributed by atoms with van der Waals surface area (Å²) in [4.78, 5) is 10.9. The van der Waals surface area contributed by atoms with Gasteiger partial charge in [0.15, 0.2) is 0 Å². The van der Waals surface area contributed by atoms with Gasteiger partial charge in [0, 0.05) is 13.2 Å². The molecular formula is C10H19NO3. The van der Waals surface area contributed by atoms with Crippen LogP contribution in [0.25, 0.3) is 0 Å². The Morgan fingerprint density at radius 1 is 1.64 bits per heavy atom. The molecule has 14 heavy (non-hydrogen) atoms. The van der Waals surface area contributed by atoms with Crippen LogP contribution in [0.1, 0.15) is 20.3 Å². The van der Waals surface area contributed by atoms with Crippen molar-refractivity contribution >= 4 is 6.09 Å². The summed E-state index contributed by atoms with van der Waals surface area (Å²) in [5.41, 5.74) is -0.161. The first kappa shape index (κ1) is 13.0. The third-order valence-corrected chi connectivity index (χ3v) is 1.83. The van der Waals surface area contributed by atoms with E-state index in [1.165, 1.54) is 6.08 Å². The molecule has 0 aliphatic rings. The molecule has 0 aromatic rings. The third-order valence-electron chi connectivity index (χ3n) is 1.83. The molecule has 0 unspecified atom stereocenters. The van der Waals surface area contributed by atoms with Crippen molar-refractivity contribution in [1.29, 1.82) is 0 Å². The van der Waals surface area contributed by atoms with E-state index in [1.807, 2.05) is 13.8 Å². The van der Waals surface area contributed by atoms with E-state index in [0.29, 0.717) is 13.0 Å². The molecule has 4 heteroatoms. The van der Waals surface area contributed by atoms with Crippen LogP contribution in [0.2, 0.25) is 0 Å². The summed E-state index contributed by atoms with van der Waals surface area (Å²) in [6.45, 7) is 8.12. The highest BCUT2D eigenvalue weighted by Crippen LogP contribution is 2.17. The molecule has 0 aliphatic heterocycles. The number of amides is 1. The van der Waals surface area contributed by atoms with Gasteiger partial charge in [0.1, 0.15) is 6.61 Å². The summed E-state index contributed by atoms with van der Waals surface area (Å²) < 4.78 is 4.71. The van der Waals surface area contributed by atoms with E-state index in [-0.39, 0.29) is 18.6 Å². The fourth-order valence-corrected chi connectivity index (χ4v) is 0.768. The molecule has 0 fully saturated rings. The van der Waals surface area contributed by atoms with Gasteiger partial charge < -0.3 is 15.2 Å². The molecule has 0 radical (unpaired) electrons. The lowest BCUT2D eigenvalue weighted by Crippen LogP contribution is -2.30. The van der Waals surface area contributed by atoms with Crippen molar-refractivity contribution in [3.63, 3.8) is 0 Å². The van der Waals surface area contributed by atoms with Crippen molar-refractivity contribution in [2.24, 2.45) is 5.41 Å². The number of hydrogen-bond donors (Lipinski definition) is 2. The molecule has 4 nitrogen and oxygen atoms in total. The average Bonchev–Trinajstić information content (AvgIpc) is 2.14. The molecular weight excluding hydrogens is 182 g/mol. The number of alkyl carbamates (subject to hydrolysis) is 1. The second-order valence-corrected chi connectivity index (χ2v) is 3.89. The maximum Gasteiger partial charge on any atom is 0.407 e. The number of carbonyl (C=O) groups excluding carboxylic acids is 1. The summed E-state index contributed by atoms with van der Waals surface area (Å²) in [5, 5.41) is 11.5. The lowest BCUT2D eigenvalue weighted by molar-refractivity contribution is 0.140. The van der Waals surface area contributed by atoms with Crippen LogP contribution in [0, 0.1) is 5.41 Å². The third kappa shape index (κ3) is 6.48. The SMILES string of the molecule is C=CCOC(=O)NCCC(C)(C)CO. The highest BCUT2D eigenvalue weighted by atomic mass is 16.5. The Bertz CT molecular complexity index is 190. The summed E-state index contributed by atoms with van der Waals surface area (Å²) in [7, 11) is 0. The maximum atomic E-state index is 10.9. The average molecular weight is 201 g/mol. The van der Waals surface area contributed by atoms with Gasteiger partial charge in [-0.15, -0.1) is 0 Å². The van der Waals surface area contributed by atoms with E-state index in [1.54, 1.807) is 0 Å². The van der Waals surface area contributed by atoms with Crippen LogP contribution in [0.15, 0.2) is 12.7 Å². The standard InChI is InChI=1S/C10H19NO3/c1-4-7-14-9(13)11-6-5-10(2,3)8-12/h4,12H,1,5-8H2,2-3H3,(H,11,13). The Balaban J connectivity index is 3.53. The molecule has 2 N–H and O–H groups in total. The molecule has 0 atom stereocenters. The Morgan fingerprint density at radius 3 is 2.79 bits per heavy atom. The maximum absolute atomic E-state index is 10.9. The largest absolute Gasteiger partial charge is 0.445 e. The predicted molar refractivity (Wildman–Crippen MR) is 55.0 cm³/mol. The Labute approximate surface area is 85.0 Å². The molecule has 0 spiro atoms. The molecule has 0 saturated heterocycles. The van der Waals surface area contributed by atoms with Crippen molar-refractivity contribution in [2.45, 2.75) is 20.3 Å². The normalized spacial score (nSPS) is 10.8. The Kier molecular flexibility index (Phi) is 5.95. The summed E-state index contributed by atoms with van der Waals surface area (Å²) in [6.07, 6.45) is 1.78. The predicted octanol–water partition coefficient (Wildman–Crippen LogP) is 1.31. The van der Waals surface area contributed by atoms with E-state index in [4.69, 9.17) is 9.84 Å². The smallest absolute Gasteiger partial charge is 0.407 e. The topological polar surface area (TPSA) is 58.6 Å². The van der Waals surface area contributed by atoms with E-state index in [2.05, 4.69) is 11.9 Å². The number of aliphatic hydroxyl groups excluding tert-OH is 1. The fourth-order valence-electron chi connectivity index (χ4n) is 0.768. The van der Waals surface area contributed by atoms with Gasteiger partial charge in [-0.05, 0) is 11.8 Å². The Morgan fingerprint density at radius 2 is 2.29 bits per heavy atom. The van der Waals surface area contributed by atoms with Crippen molar-refractivity contribution in [1.82, 2.24) is 5.32 Å². The number of carbonyl (C=O) groups is 1. The van der Waals surface area contributed by atoms with E-state index in [9.17, 15) is 4.79 Å². The van der Waals surface area contributed by atoms with E-state index < -0.39 is 6.09 Å². The summed E-state index contributed by atoms with van der Waals surface area (Å²) in [5.74, 6) is 0. The lowest BCUT2D eigenvalue weighted by Gasteiger charge is -2.21. The summed E-state index contributed by atoms with van der Waals surface area (Å²) in [6, 6.07) is 0. The number of ether oxygens (including phenoxy) is 1. The molecule has 0 heterocycles. The van der Waals surface area contributed by atoms with Crippen molar-refractivity contribution in [2.75, 3.05) is 19.8 Å². The molecule has 0 aromatic heterocycles. The first-order chi connectivity index (χ1) is 6.52. The van der Waals surface area contributed by atoms with Gasteiger partial charge >= 0.3 is 6.09 Å². The zero-order chi connectivity index (χ0) is 11.0. The highest BCUT2D eigenvalue weighted by molar-refractivity contribution is 5.67. The second-order valence-electron chi connectivity index (χ2n) is 3.89. The molecule has 0 aromatic carbocycles. The van der Waals surface area contributed by atoms with Gasteiger partial charge in [-0.2, -0.15) is 0 Å². The van der Waals surface area contributed by atoms with E-state index >= 15 is 0 Å². The van der Waals surface area contributed by atoms with Crippen LogP contribution in [0.3, 0.4) is 0 Å². The highest BCUT2D eigenvalue weighted by Gasteiger charge is 2.16. The lowest BCUT2D eigenvalue weighted by atomic mass is 9.91. The van der Waals surface area contributed by atoms with Crippen molar-refractivity contribution in [3.8, 4) is 0 Å². The second kappa shape index (κ2) is 6.43. The Hall–Kier alpha value is -1.03. The first-order valence-corrected chi connectivity index (χ1v) is 4.64. The number of aliphatic hydroxyl groups is 1. The van der Waals surface area contributed by atoms with Crippen molar-refractivity contribution < 1.29 is 14.6 Å². The van der Waals surface area contributed by atoms with Gasteiger partial charge in [0.2, 0.25) is 0 Å². The molecule has 0 saturated carbocycles. The van der Waals surface area contributed by atoms with Crippen molar-refractivity contribution in [3.05, 3.63) is 12.7 Å². The van der Waals surface area contributed by atoms with Crippen LogP contribution in [-0.4, -0.2) is 31.0 Å². The van der Waals surface area contributed by atoms with Gasteiger partial charge in [0.25, 0.3) is 0 Å². The molecule has 0 bridgehead atoms. The molecule has 1 amide bonds. The number of hydrogen-bond acceptors (Lipinski definition) is 3. The van der Waals surface area contributed by atoms with Gasteiger partial charge in [-0.1, -0.05) is 26.5 Å². The minimum absolute atomic E-state index is 0.108. The van der Waals surface area contributed by atoms with Crippen LogP contribution in [0.5, 0.6) is 0 Å². The minimum Gasteiger partial charge on any atom is -0.445 e. The minimum atomic E-state index is -0.446. The zero-order valence-electron chi connectivity index (χ0n) is 8.88. The quantitative estimate of drug-likeness (QED) is 0.637. The monoisotopic (exact) mass is 201 g/mol. The molecule has 0 aliphatic carbocycles. The fraction of sp³-hybridized carbons (Fsp3) is 0.700. The summed E-state index contributed by atoms with van der Waals surface area (Å²) >= 11 is 0. The molecule has 0 rings (SSSR count). The number of nitrogens with one attached hydrogen (secondary N) is 1. The van der Waals surface area contributed by atoms with E-state index in [0.717, 1.165) is 0 Å². The van der Waals surface area contributed by atoms with Gasteiger partial charge in [0.05, 0.1) is 0 Å². The van der Waals surface area contributed by atoms with Crippen LogP contribution in [-0.2, 0) is 4.74 Å². The molecule has 82 valence electrons. The first-order valence-electron chi connectivity index (χ1n) is 4.64.